The van der Waals surface area contributed by atoms with Crippen LogP contribution >= 0.6 is 0 Å². The standard InChI is InChI=1S/C15H18N2O2/c1-9(18)17-13-12-6-10(8-16)4-5-11(12)7-15(2,3)14(13)19/h4-6,13-14,19H,7H2,1-3H3,(H,17,18)/t13-,14+/m1/s1. The smallest absolute Gasteiger partial charge is 0.217 e. The number of hydrogen-bond donors (Lipinski definition) is 2. The van der Waals surface area contributed by atoms with Crippen LogP contribution in [0.4, 0.5) is 0 Å². The molecule has 1 amide bonds. The molecule has 0 unspecified atom stereocenters. The van der Waals surface area contributed by atoms with Gasteiger partial charge in [0.25, 0.3) is 0 Å². The molecule has 0 aromatic heterocycles. The Morgan fingerprint density at radius 1 is 1.53 bits per heavy atom. The van der Waals surface area contributed by atoms with E-state index in [-0.39, 0.29) is 11.3 Å². The van der Waals surface area contributed by atoms with Gasteiger partial charge in [-0.1, -0.05) is 19.9 Å². The Kier molecular flexibility index (Phi) is 3.34. The predicted molar refractivity (Wildman–Crippen MR) is 71.2 cm³/mol. The Morgan fingerprint density at radius 2 is 2.21 bits per heavy atom. The fourth-order valence-electron chi connectivity index (χ4n) is 2.71. The molecule has 4 nitrogen and oxygen atoms in total. The molecule has 1 aromatic rings. The van der Waals surface area contributed by atoms with E-state index in [1.165, 1.54) is 6.92 Å². The zero-order valence-corrected chi connectivity index (χ0v) is 11.4. The molecule has 0 bridgehead atoms. The normalized spacial score (nSPS) is 24.2. The van der Waals surface area contributed by atoms with E-state index in [0.29, 0.717) is 5.56 Å². The number of amides is 1. The van der Waals surface area contributed by atoms with E-state index in [1.54, 1.807) is 12.1 Å². The summed E-state index contributed by atoms with van der Waals surface area (Å²) in [7, 11) is 0. The summed E-state index contributed by atoms with van der Waals surface area (Å²) in [5.41, 5.74) is 2.16. The van der Waals surface area contributed by atoms with Crippen molar-refractivity contribution in [1.82, 2.24) is 5.32 Å². The lowest BCUT2D eigenvalue weighted by Gasteiger charge is -2.42. The third-order valence-corrected chi connectivity index (χ3v) is 3.73. The lowest BCUT2D eigenvalue weighted by atomic mass is 9.69. The lowest BCUT2D eigenvalue weighted by Crippen LogP contribution is -2.47. The number of rotatable bonds is 1. The Bertz CT molecular complexity index is 558. The molecule has 1 aromatic carbocycles. The molecule has 19 heavy (non-hydrogen) atoms. The maximum absolute atomic E-state index is 11.3. The van der Waals surface area contributed by atoms with Crippen LogP contribution in [0.3, 0.4) is 0 Å². The second kappa shape index (κ2) is 4.67. The highest BCUT2D eigenvalue weighted by Gasteiger charge is 2.41. The summed E-state index contributed by atoms with van der Waals surface area (Å²) < 4.78 is 0. The first kappa shape index (κ1) is 13.6. The zero-order chi connectivity index (χ0) is 14.2. The third kappa shape index (κ3) is 2.47. The average Bonchev–Trinajstić information content (AvgIpc) is 2.34. The van der Waals surface area contributed by atoms with Crippen molar-refractivity contribution < 1.29 is 9.90 Å². The van der Waals surface area contributed by atoms with Crippen molar-refractivity contribution in [3.05, 3.63) is 34.9 Å². The van der Waals surface area contributed by atoms with Gasteiger partial charge < -0.3 is 10.4 Å². The molecule has 1 aliphatic rings. The monoisotopic (exact) mass is 258 g/mol. The molecule has 0 fully saturated rings. The van der Waals surface area contributed by atoms with Gasteiger partial charge in [0.1, 0.15) is 0 Å². The summed E-state index contributed by atoms with van der Waals surface area (Å²) in [5.74, 6) is -0.185. The summed E-state index contributed by atoms with van der Waals surface area (Å²) in [6, 6.07) is 7.08. The maximum Gasteiger partial charge on any atom is 0.217 e. The number of nitrogens with zero attached hydrogens (tertiary/aromatic N) is 1. The number of hydrogen-bond acceptors (Lipinski definition) is 3. The first-order valence-electron chi connectivity index (χ1n) is 6.33. The van der Waals surface area contributed by atoms with Gasteiger partial charge >= 0.3 is 0 Å². The molecule has 0 heterocycles. The molecule has 0 saturated heterocycles. The van der Waals surface area contributed by atoms with Crippen LogP contribution in [0.2, 0.25) is 0 Å². The van der Waals surface area contributed by atoms with Crippen LogP contribution in [0.15, 0.2) is 18.2 Å². The molecule has 0 spiro atoms. The van der Waals surface area contributed by atoms with Crippen molar-refractivity contribution in [2.75, 3.05) is 0 Å². The van der Waals surface area contributed by atoms with Crippen molar-refractivity contribution >= 4 is 5.91 Å². The van der Waals surface area contributed by atoms with E-state index in [4.69, 9.17) is 5.26 Å². The number of benzene rings is 1. The fraction of sp³-hybridized carbons (Fsp3) is 0.467. The van der Waals surface area contributed by atoms with Gasteiger partial charge in [-0.05, 0) is 35.1 Å². The summed E-state index contributed by atoms with van der Waals surface area (Å²) in [6.45, 7) is 5.39. The van der Waals surface area contributed by atoms with E-state index in [9.17, 15) is 9.90 Å². The van der Waals surface area contributed by atoms with Crippen LogP contribution in [0, 0.1) is 16.7 Å². The van der Waals surface area contributed by atoms with Crippen molar-refractivity contribution in [2.45, 2.75) is 39.3 Å². The van der Waals surface area contributed by atoms with Crippen LogP contribution in [0.1, 0.15) is 43.5 Å². The van der Waals surface area contributed by atoms with Gasteiger partial charge in [-0.15, -0.1) is 0 Å². The van der Waals surface area contributed by atoms with Crippen LogP contribution in [0.5, 0.6) is 0 Å². The molecule has 2 N–H and O–H groups in total. The van der Waals surface area contributed by atoms with Crippen LogP contribution < -0.4 is 5.32 Å². The summed E-state index contributed by atoms with van der Waals surface area (Å²) >= 11 is 0. The third-order valence-electron chi connectivity index (χ3n) is 3.73. The Balaban J connectivity index is 2.52. The van der Waals surface area contributed by atoms with Gasteiger partial charge in [-0.25, -0.2) is 0 Å². The number of aliphatic hydroxyl groups is 1. The molecule has 4 heteroatoms. The largest absolute Gasteiger partial charge is 0.390 e. The number of fused-ring (bicyclic) bond motifs is 1. The topological polar surface area (TPSA) is 73.1 Å². The minimum atomic E-state index is -0.669. The fourth-order valence-corrected chi connectivity index (χ4v) is 2.71. The highest BCUT2D eigenvalue weighted by atomic mass is 16.3. The number of carbonyl (C=O) groups excluding carboxylic acids is 1. The van der Waals surface area contributed by atoms with Gasteiger partial charge in [0.05, 0.1) is 23.8 Å². The van der Waals surface area contributed by atoms with Gasteiger partial charge in [0.15, 0.2) is 0 Å². The first-order chi connectivity index (χ1) is 8.85. The summed E-state index contributed by atoms with van der Waals surface area (Å²) in [6.07, 6.45) is 0.0588. The highest BCUT2D eigenvalue weighted by Crippen LogP contribution is 2.41. The van der Waals surface area contributed by atoms with E-state index in [0.717, 1.165) is 17.5 Å². The van der Waals surface area contributed by atoms with Crippen molar-refractivity contribution in [2.24, 2.45) is 5.41 Å². The lowest BCUT2D eigenvalue weighted by molar-refractivity contribution is -0.121. The van der Waals surface area contributed by atoms with Crippen molar-refractivity contribution in [3.63, 3.8) is 0 Å². The average molecular weight is 258 g/mol. The Hall–Kier alpha value is -1.86. The quantitative estimate of drug-likeness (QED) is 0.805. The van der Waals surface area contributed by atoms with Crippen molar-refractivity contribution in [3.8, 4) is 6.07 Å². The minimum Gasteiger partial charge on any atom is -0.390 e. The van der Waals surface area contributed by atoms with Crippen LogP contribution in [0.25, 0.3) is 0 Å². The number of aliphatic hydroxyl groups excluding tert-OH is 1. The van der Waals surface area contributed by atoms with E-state index in [1.807, 2.05) is 19.9 Å². The highest BCUT2D eigenvalue weighted by molar-refractivity contribution is 5.73. The van der Waals surface area contributed by atoms with Gasteiger partial charge in [0.2, 0.25) is 5.91 Å². The van der Waals surface area contributed by atoms with E-state index >= 15 is 0 Å². The predicted octanol–water partition coefficient (Wildman–Crippen LogP) is 1.68. The van der Waals surface area contributed by atoms with E-state index in [2.05, 4.69) is 11.4 Å². The summed E-state index contributed by atoms with van der Waals surface area (Å²) in [4.78, 5) is 11.3. The second-order valence-corrected chi connectivity index (χ2v) is 5.81. The van der Waals surface area contributed by atoms with Gasteiger partial charge in [0, 0.05) is 6.92 Å². The molecular weight excluding hydrogens is 240 g/mol. The molecule has 0 aliphatic heterocycles. The molecule has 0 radical (unpaired) electrons. The summed E-state index contributed by atoms with van der Waals surface area (Å²) in [5, 5.41) is 22.2. The second-order valence-electron chi connectivity index (χ2n) is 5.81. The van der Waals surface area contributed by atoms with Crippen LogP contribution in [-0.2, 0) is 11.2 Å². The van der Waals surface area contributed by atoms with Crippen molar-refractivity contribution in [1.29, 1.82) is 5.26 Å². The zero-order valence-electron chi connectivity index (χ0n) is 11.4. The SMILES string of the molecule is CC(=O)N[C@@H]1c2cc(C#N)ccc2CC(C)(C)[C@H]1O. The van der Waals surface area contributed by atoms with Crippen LogP contribution in [-0.4, -0.2) is 17.1 Å². The number of nitrogens with one attached hydrogen (secondary N) is 1. The molecule has 0 saturated carbocycles. The minimum absolute atomic E-state index is 0.185. The maximum atomic E-state index is 11.3. The molecule has 1 aliphatic carbocycles. The van der Waals surface area contributed by atoms with Gasteiger partial charge in [-0.3, -0.25) is 4.79 Å². The molecule has 100 valence electrons. The number of carbonyl (C=O) groups is 1. The molecular formula is C15H18N2O2. The van der Waals surface area contributed by atoms with Gasteiger partial charge in [-0.2, -0.15) is 5.26 Å². The Morgan fingerprint density at radius 3 is 2.79 bits per heavy atom. The molecule has 2 atom stereocenters. The van der Waals surface area contributed by atoms with E-state index < -0.39 is 12.1 Å². The Labute approximate surface area is 113 Å². The first-order valence-corrected chi connectivity index (χ1v) is 6.33. The number of nitriles is 1. The molecule has 2 rings (SSSR count).